The van der Waals surface area contributed by atoms with Crippen molar-refractivity contribution in [2.75, 3.05) is 6.54 Å². The topological polar surface area (TPSA) is 133 Å². The Morgan fingerprint density at radius 2 is 1.48 bits per heavy atom. The maximum Gasteiger partial charge on any atom is 0.335 e. The Bertz CT molecular complexity index is 1800. The lowest BCUT2D eigenvalue weighted by Crippen LogP contribution is -2.67. The Labute approximate surface area is 321 Å². The van der Waals surface area contributed by atoms with E-state index in [1.807, 2.05) is 18.2 Å². The summed E-state index contributed by atoms with van der Waals surface area (Å²) in [7, 11) is 0. The molecule has 0 radical (unpaired) electrons. The van der Waals surface area contributed by atoms with Crippen LogP contribution in [0, 0.1) is 56.7 Å². The highest BCUT2D eigenvalue weighted by Crippen LogP contribution is 2.77. The number of rotatable bonds is 9. The number of carbonyl (C=O) groups excluding carboxylic acids is 3. The van der Waals surface area contributed by atoms with Crippen LogP contribution in [0.15, 0.2) is 48.5 Å². The fourth-order valence-electron chi connectivity index (χ4n) is 13.8. The molecule has 5 saturated carbocycles. The molecule has 0 aliphatic heterocycles. The van der Waals surface area contributed by atoms with E-state index in [2.05, 4.69) is 45.3 Å². The van der Waals surface area contributed by atoms with Crippen LogP contribution in [0.2, 0.25) is 0 Å². The number of hydrogen-bond donors (Lipinski definition) is 4. The van der Waals surface area contributed by atoms with Gasteiger partial charge in [-0.2, -0.15) is 0 Å². The molecular formula is C46H62N2O6. The lowest BCUT2D eigenvalue weighted by atomic mass is 9.32. The first kappa shape index (κ1) is 38.7. The van der Waals surface area contributed by atoms with Crippen LogP contribution in [0.4, 0.5) is 0 Å². The van der Waals surface area contributed by atoms with E-state index in [4.69, 9.17) is 5.11 Å². The predicted octanol–water partition coefficient (Wildman–Crippen LogP) is 8.00. The Hall–Kier alpha value is -3.52. The van der Waals surface area contributed by atoms with Crippen molar-refractivity contribution in [3.63, 3.8) is 0 Å². The van der Waals surface area contributed by atoms with Crippen LogP contribution >= 0.6 is 0 Å². The van der Waals surface area contributed by atoms with Crippen LogP contribution in [-0.4, -0.2) is 46.4 Å². The number of fused-ring (bicyclic) bond motifs is 7. The number of carbonyl (C=O) groups is 4. The molecule has 5 fully saturated rings. The normalized spacial score (nSPS) is 37.8. The number of ketones is 1. The third kappa shape index (κ3) is 6.04. The van der Waals surface area contributed by atoms with Crippen molar-refractivity contribution in [1.82, 2.24) is 10.6 Å². The minimum absolute atomic E-state index is 0.0412. The number of aliphatic hydroxyl groups excluding tert-OH is 1. The summed E-state index contributed by atoms with van der Waals surface area (Å²) in [5.41, 5.74) is 2.22. The molecule has 2 aromatic rings. The molecule has 2 aromatic carbocycles. The van der Waals surface area contributed by atoms with Crippen molar-refractivity contribution in [2.24, 2.45) is 56.7 Å². The van der Waals surface area contributed by atoms with E-state index >= 15 is 0 Å². The third-order valence-electron chi connectivity index (χ3n) is 16.9. The highest BCUT2D eigenvalue weighted by atomic mass is 16.4. The number of Topliss-reactive ketones (excluding diaryl/α,β-unsaturated/α-hetero) is 1. The van der Waals surface area contributed by atoms with Crippen molar-refractivity contribution in [1.29, 1.82) is 0 Å². The van der Waals surface area contributed by atoms with E-state index < -0.39 is 11.4 Å². The van der Waals surface area contributed by atoms with E-state index in [0.29, 0.717) is 36.3 Å². The molecule has 4 unspecified atom stereocenters. The van der Waals surface area contributed by atoms with E-state index in [-0.39, 0.29) is 69.3 Å². The fraction of sp³-hybridized carbons (Fsp3) is 0.652. The summed E-state index contributed by atoms with van der Waals surface area (Å²) in [6.07, 6.45) is 10.1. The molecule has 5 aliphatic rings. The number of benzene rings is 2. The molecule has 8 heteroatoms. The molecule has 0 bridgehead atoms. The first-order valence-electron chi connectivity index (χ1n) is 20.6. The standard InChI is InChI=1S/C46H62N2O6/c1-28(49)33-16-22-46(41(54)47-25-19-29-8-7-9-32(26-29)39(51)48-27-30-10-12-31(13-11-30)40(52)53)24-23-44(5)34(38(33)46)14-15-36-43(4)20-18-37(50)42(2,3)35(43)17-21-45(36,44)6/h7-13,26,33-38,50H,14-25,27H2,1-6H3,(H,47,54)(H,48,51)(H,52,53)/t33-,34?,35?,36?,37-,38?,43-,44+,45+,46-/m0/s1. The molecule has 0 spiro atoms. The van der Waals surface area contributed by atoms with Gasteiger partial charge in [-0.05, 0) is 158 Å². The lowest BCUT2D eigenvalue weighted by molar-refractivity contribution is -0.246. The van der Waals surface area contributed by atoms with E-state index in [0.717, 1.165) is 75.3 Å². The van der Waals surface area contributed by atoms with Gasteiger partial charge in [-0.3, -0.25) is 14.4 Å². The first-order chi connectivity index (χ1) is 25.5. The van der Waals surface area contributed by atoms with Gasteiger partial charge in [0.2, 0.25) is 5.91 Å². The van der Waals surface area contributed by atoms with Crippen molar-refractivity contribution in [3.8, 4) is 0 Å². The molecular weight excluding hydrogens is 677 g/mol. The molecule has 0 aromatic heterocycles. The number of carboxylic acid groups (broad SMARTS) is 1. The van der Waals surface area contributed by atoms with Crippen molar-refractivity contribution >= 4 is 23.6 Å². The summed E-state index contributed by atoms with van der Waals surface area (Å²) in [5.74, 6) is 0.489. The summed E-state index contributed by atoms with van der Waals surface area (Å²) in [5, 5.41) is 26.5. The molecule has 292 valence electrons. The zero-order valence-electron chi connectivity index (χ0n) is 33.3. The van der Waals surface area contributed by atoms with Crippen LogP contribution in [0.3, 0.4) is 0 Å². The van der Waals surface area contributed by atoms with Gasteiger partial charge in [0.05, 0.1) is 17.1 Å². The SMILES string of the molecule is CC(=O)[C@@H]1CC[C@]2(C(=O)NCCc3cccc(C(=O)NCc4ccc(C(=O)O)cc4)c3)CC[C@]3(C)C(CCC4[C@@]5(C)CC[C@H](O)C(C)(C)C5CC[C@]43C)C12. The molecule has 4 N–H and O–H groups in total. The molecule has 2 amide bonds. The number of amides is 2. The summed E-state index contributed by atoms with van der Waals surface area (Å²) in [6, 6.07) is 13.9. The highest BCUT2D eigenvalue weighted by Gasteiger charge is 2.72. The van der Waals surface area contributed by atoms with E-state index in [1.165, 1.54) is 12.1 Å². The van der Waals surface area contributed by atoms with Gasteiger partial charge >= 0.3 is 5.97 Å². The summed E-state index contributed by atoms with van der Waals surface area (Å²) in [4.78, 5) is 52.1. The highest BCUT2D eigenvalue weighted by molar-refractivity contribution is 5.94. The number of carboxylic acids is 1. The lowest BCUT2D eigenvalue weighted by Gasteiger charge is -2.72. The van der Waals surface area contributed by atoms with Gasteiger partial charge in [-0.25, -0.2) is 4.79 Å². The second-order valence-corrected chi connectivity index (χ2v) is 19.4. The second-order valence-electron chi connectivity index (χ2n) is 19.4. The van der Waals surface area contributed by atoms with Crippen LogP contribution in [0.25, 0.3) is 0 Å². The van der Waals surface area contributed by atoms with Gasteiger partial charge in [-0.1, -0.05) is 58.9 Å². The zero-order chi connectivity index (χ0) is 38.8. The predicted molar refractivity (Wildman–Crippen MR) is 209 cm³/mol. The van der Waals surface area contributed by atoms with Gasteiger partial charge in [0.1, 0.15) is 5.78 Å². The monoisotopic (exact) mass is 738 g/mol. The van der Waals surface area contributed by atoms with E-state index in [1.54, 1.807) is 25.1 Å². The second kappa shape index (κ2) is 13.9. The molecule has 7 rings (SSSR count). The molecule has 0 saturated heterocycles. The van der Waals surface area contributed by atoms with Gasteiger partial charge in [0.15, 0.2) is 0 Å². The molecule has 10 atom stereocenters. The van der Waals surface area contributed by atoms with Crippen molar-refractivity contribution in [2.45, 2.75) is 125 Å². The smallest absolute Gasteiger partial charge is 0.335 e. The van der Waals surface area contributed by atoms with E-state index in [9.17, 15) is 24.3 Å². The average molecular weight is 739 g/mol. The first-order valence-corrected chi connectivity index (χ1v) is 20.6. The maximum absolute atomic E-state index is 14.6. The van der Waals surface area contributed by atoms with Crippen LogP contribution in [0.1, 0.15) is 138 Å². The quantitative estimate of drug-likeness (QED) is 0.206. The number of hydrogen-bond acceptors (Lipinski definition) is 5. The zero-order valence-corrected chi connectivity index (χ0v) is 33.3. The van der Waals surface area contributed by atoms with Crippen LogP contribution in [0.5, 0.6) is 0 Å². The van der Waals surface area contributed by atoms with Crippen LogP contribution < -0.4 is 10.6 Å². The Kier molecular flexibility index (Phi) is 9.97. The van der Waals surface area contributed by atoms with Crippen molar-refractivity contribution < 1.29 is 29.4 Å². The Morgan fingerprint density at radius 1 is 0.741 bits per heavy atom. The number of aromatic carboxylic acids is 1. The fourth-order valence-corrected chi connectivity index (χ4v) is 13.8. The summed E-state index contributed by atoms with van der Waals surface area (Å²) >= 11 is 0. The number of aliphatic hydroxyl groups is 1. The molecule has 5 aliphatic carbocycles. The van der Waals surface area contributed by atoms with Gasteiger partial charge in [-0.15, -0.1) is 0 Å². The van der Waals surface area contributed by atoms with Crippen molar-refractivity contribution in [3.05, 3.63) is 70.8 Å². The Balaban J connectivity index is 1.04. The van der Waals surface area contributed by atoms with Gasteiger partial charge in [0, 0.05) is 24.6 Å². The number of nitrogens with one attached hydrogen (secondary N) is 2. The molecule has 0 heterocycles. The third-order valence-corrected chi connectivity index (χ3v) is 16.9. The van der Waals surface area contributed by atoms with Gasteiger partial charge < -0.3 is 20.8 Å². The Morgan fingerprint density at radius 3 is 2.19 bits per heavy atom. The molecule has 8 nitrogen and oxygen atoms in total. The van der Waals surface area contributed by atoms with Gasteiger partial charge in [0.25, 0.3) is 5.91 Å². The van der Waals surface area contributed by atoms with Crippen LogP contribution in [-0.2, 0) is 22.6 Å². The summed E-state index contributed by atoms with van der Waals surface area (Å²) in [6.45, 7) is 14.7. The largest absolute Gasteiger partial charge is 0.478 e. The minimum Gasteiger partial charge on any atom is -0.478 e. The average Bonchev–Trinajstić information content (AvgIpc) is 3.54. The summed E-state index contributed by atoms with van der Waals surface area (Å²) < 4.78 is 0. The molecule has 54 heavy (non-hydrogen) atoms. The minimum atomic E-state index is -0.988. The maximum atomic E-state index is 14.6.